The molecular weight excluding hydrogens is 512 g/mol. The van der Waals surface area contributed by atoms with Crippen molar-refractivity contribution in [3.05, 3.63) is 75.1 Å². The number of carbonyl (C=O) groups excluding carboxylic acids is 1. The van der Waals surface area contributed by atoms with E-state index >= 15 is 0 Å². The summed E-state index contributed by atoms with van der Waals surface area (Å²) in [6, 6.07) is 14.1. The predicted octanol–water partition coefficient (Wildman–Crippen LogP) is 5.35. The second-order valence-corrected chi connectivity index (χ2v) is 10.3. The third-order valence-electron chi connectivity index (χ3n) is 6.15. The van der Waals surface area contributed by atoms with Crippen LogP contribution >= 0.6 is 22.7 Å². The van der Waals surface area contributed by atoms with E-state index in [1.54, 1.807) is 35.6 Å². The standard InChI is InChI=1S/C26H24N4O5S2/c1-34-19-8-6-15(13-20(19)35-2)22-23-17(9-10-30(22)26(32)33)29-25(37-23)24(31)28-18-12-14(5-7-16(18)27)21-4-3-11-36-21/h3-8,11-13,22H,9-10,27H2,1-2H3,(H,28,31)(H,32,33). The van der Waals surface area contributed by atoms with Crippen LogP contribution in [0.2, 0.25) is 0 Å². The van der Waals surface area contributed by atoms with Crippen molar-refractivity contribution < 1.29 is 24.2 Å². The Morgan fingerprint density at radius 3 is 2.65 bits per heavy atom. The first-order valence-electron chi connectivity index (χ1n) is 11.4. The summed E-state index contributed by atoms with van der Waals surface area (Å²) in [7, 11) is 3.06. The normalized spacial score (nSPS) is 14.6. The van der Waals surface area contributed by atoms with Crippen LogP contribution in [0.3, 0.4) is 0 Å². The molecule has 1 atom stereocenters. The zero-order valence-corrected chi connectivity index (χ0v) is 21.7. The largest absolute Gasteiger partial charge is 0.493 e. The molecule has 1 aliphatic heterocycles. The molecule has 190 valence electrons. The summed E-state index contributed by atoms with van der Waals surface area (Å²) in [5.41, 5.74) is 9.43. The molecule has 0 bridgehead atoms. The number of nitrogens with two attached hydrogens (primary N) is 1. The van der Waals surface area contributed by atoms with Crippen molar-refractivity contribution in [2.45, 2.75) is 12.5 Å². The highest BCUT2D eigenvalue weighted by molar-refractivity contribution is 7.14. The zero-order chi connectivity index (χ0) is 26.1. The lowest BCUT2D eigenvalue weighted by Gasteiger charge is -2.33. The van der Waals surface area contributed by atoms with Crippen molar-refractivity contribution in [3.63, 3.8) is 0 Å². The lowest BCUT2D eigenvalue weighted by atomic mass is 9.97. The van der Waals surface area contributed by atoms with E-state index in [0.717, 1.165) is 10.4 Å². The van der Waals surface area contributed by atoms with Gasteiger partial charge in [0.15, 0.2) is 16.5 Å². The molecule has 0 radical (unpaired) electrons. The van der Waals surface area contributed by atoms with Crippen LogP contribution in [-0.2, 0) is 6.42 Å². The maximum absolute atomic E-state index is 13.2. The van der Waals surface area contributed by atoms with E-state index in [0.29, 0.717) is 45.4 Å². The van der Waals surface area contributed by atoms with Gasteiger partial charge in [0, 0.05) is 17.8 Å². The molecule has 3 heterocycles. The van der Waals surface area contributed by atoms with E-state index in [4.69, 9.17) is 15.2 Å². The van der Waals surface area contributed by atoms with Gasteiger partial charge in [0.05, 0.1) is 42.2 Å². The number of thiophene rings is 1. The van der Waals surface area contributed by atoms with Crippen molar-refractivity contribution in [1.82, 2.24) is 9.88 Å². The van der Waals surface area contributed by atoms with Gasteiger partial charge < -0.3 is 25.6 Å². The van der Waals surface area contributed by atoms with E-state index in [1.807, 2.05) is 29.6 Å². The number of nitrogens with zero attached hydrogens (tertiary/aromatic N) is 2. The fraction of sp³-hybridized carbons (Fsp3) is 0.192. The third-order valence-corrected chi connectivity index (χ3v) is 8.22. The Kier molecular flexibility index (Phi) is 6.72. The molecular formula is C26H24N4O5S2. The molecule has 0 aliphatic carbocycles. The molecule has 2 aromatic carbocycles. The lowest BCUT2D eigenvalue weighted by Crippen LogP contribution is -2.39. The number of hydrogen-bond acceptors (Lipinski definition) is 8. The Balaban J connectivity index is 1.48. The number of anilines is 2. The summed E-state index contributed by atoms with van der Waals surface area (Å²) in [6.45, 7) is 0.252. The van der Waals surface area contributed by atoms with Crippen LogP contribution in [0, 0.1) is 0 Å². The van der Waals surface area contributed by atoms with E-state index in [9.17, 15) is 14.7 Å². The van der Waals surface area contributed by atoms with Gasteiger partial charge in [0.25, 0.3) is 5.91 Å². The third kappa shape index (κ3) is 4.70. The Hall–Kier alpha value is -4.09. The van der Waals surface area contributed by atoms with Gasteiger partial charge >= 0.3 is 6.09 Å². The number of aromatic nitrogens is 1. The number of hydrogen-bond donors (Lipinski definition) is 3. The topological polar surface area (TPSA) is 127 Å². The van der Waals surface area contributed by atoms with E-state index in [2.05, 4.69) is 10.3 Å². The van der Waals surface area contributed by atoms with E-state index < -0.39 is 18.0 Å². The maximum atomic E-state index is 13.2. The second-order valence-electron chi connectivity index (χ2n) is 8.31. The quantitative estimate of drug-likeness (QED) is 0.284. The fourth-order valence-electron chi connectivity index (χ4n) is 4.35. The molecule has 0 saturated carbocycles. The molecule has 37 heavy (non-hydrogen) atoms. The molecule has 2 amide bonds. The van der Waals surface area contributed by atoms with Gasteiger partial charge in [0.2, 0.25) is 0 Å². The first-order chi connectivity index (χ1) is 17.9. The first-order valence-corrected chi connectivity index (χ1v) is 13.0. The van der Waals surface area contributed by atoms with Crippen LogP contribution in [-0.4, -0.2) is 47.8 Å². The van der Waals surface area contributed by atoms with Crippen LogP contribution in [0.1, 0.15) is 32.0 Å². The Bertz CT molecular complexity index is 1470. The molecule has 9 nitrogen and oxygen atoms in total. The van der Waals surface area contributed by atoms with Crippen molar-refractivity contribution in [2.75, 3.05) is 31.8 Å². The van der Waals surface area contributed by atoms with Gasteiger partial charge in [-0.2, -0.15) is 0 Å². The number of ether oxygens (including phenoxy) is 2. The number of fused-ring (bicyclic) bond motifs is 1. The van der Waals surface area contributed by atoms with Gasteiger partial charge in [-0.15, -0.1) is 22.7 Å². The molecule has 11 heteroatoms. The number of benzene rings is 2. The van der Waals surface area contributed by atoms with Crippen molar-refractivity contribution in [2.24, 2.45) is 0 Å². The Morgan fingerprint density at radius 2 is 1.95 bits per heavy atom. The number of thiazole rings is 1. The molecule has 1 unspecified atom stereocenters. The van der Waals surface area contributed by atoms with Gasteiger partial charge in [-0.25, -0.2) is 9.78 Å². The lowest BCUT2D eigenvalue weighted by molar-refractivity contribution is 0.102. The minimum atomic E-state index is -1.05. The average molecular weight is 537 g/mol. The molecule has 5 rings (SSSR count). The van der Waals surface area contributed by atoms with Crippen molar-refractivity contribution >= 4 is 46.0 Å². The highest BCUT2D eigenvalue weighted by atomic mass is 32.1. The van der Waals surface area contributed by atoms with Gasteiger partial charge in [-0.05, 0) is 46.8 Å². The number of nitrogens with one attached hydrogen (secondary N) is 1. The smallest absolute Gasteiger partial charge is 0.408 e. The van der Waals surface area contributed by atoms with Crippen LogP contribution in [0.25, 0.3) is 10.4 Å². The zero-order valence-electron chi connectivity index (χ0n) is 20.1. The highest BCUT2D eigenvalue weighted by Gasteiger charge is 2.36. The SMILES string of the molecule is COc1ccc(C2c3sc(C(=O)Nc4cc(-c5cccs5)ccc4N)nc3CCN2C(=O)O)cc1OC. The first kappa shape index (κ1) is 24.6. The summed E-state index contributed by atoms with van der Waals surface area (Å²) in [4.78, 5) is 33.1. The van der Waals surface area contributed by atoms with Crippen LogP contribution in [0.5, 0.6) is 11.5 Å². The minimum Gasteiger partial charge on any atom is -0.493 e. The fourth-order valence-corrected chi connectivity index (χ4v) is 6.22. The number of amides is 2. The van der Waals surface area contributed by atoms with Crippen LogP contribution < -0.4 is 20.5 Å². The summed E-state index contributed by atoms with van der Waals surface area (Å²) in [6.07, 6.45) is -0.645. The number of carboxylic acid groups (broad SMARTS) is 1. The molecule has 0 fully saturated rings. The molecule has 4 aromatic rings. The van der Waals surface area contributed by atoms with Gasteiger partial charge in [0.1, 0.15) is 0 Å². The molecule has 2 aromatic heterocycles. The summed E-state index contributed by atoms with van der Waals surface area (Å²) >= 11 is 2.78. The Morgan fingerprint density at radius 1 is 1.14 bits per heavy atom. The molecule has 0 spiro atoms. The Labute approximate surface area is 221 Å². The van der Waals surface area contributed by atoms with E-state index in [-0.39, 0.29) is 11.6 Å². The van der Waals surface area contributed by atoms with Crippen molar-refractivity contribution in [3.8, 4) is 21.9 Å². The van der Waals surface area contributed by atoms with E-state index in [1.165, 1.54) is 30.5 Å². The monoisotopic (exact) mass is 536 g/mol. The van der Waals surface area contributed by atoms with Crippen molar-refractivity contribution in [1.29, 1.82) is 0 Å². The summed E-state index contributed by atoms with van der Waals surface area (Å²) in [5, 5.41) is 15.0. The number of carbonyl (C=O) groups is 2. The maximum Gasteiger partial charge on any atom is 0.408 e. The van der Waals surface area contributed by atoms with Gasteiger partial charge in [-0.1, -0.05) is 18.2 Å². The number of nitrogen functional groups attached to an aromatic ring is 1. The number of rotatable bonds is 6. The predicted molar refractivity (Wildman–Crippen MR) is 144 cm³/mol. The minimum absolute atomic E-state index is 0.239. The van der Waals surface area contributed by atoms with Crippen LogP contribution in [0.4, 0.5) is 16.2 Å². The van der Waals surface area contributed by atoms with Crippen LogP contribution in [0.15, 0.2) is 53.9 Å². The molecule has 1 aliphatic rings. The number of methoxy groups -OCH3 is 2. The average Bonchev–Trinajstić information content (AvgIpc) is 3.59. The molecule has 4 N–H and O–H groups in total. The molecule has 0 saturated heterocycles. The van der Waals surface area contributed by atoms with Gasteiger partial charge in [-0.3, -0.25) is 9.69 Å². The highest BCUT2D eigenvalue weighted by Crippen LogP contribution is 2.41. The second kappa shape index (κ2) is 10.1. The summed E-state index contributed by atoms with van der Waals surface area (Å²) in [5.74, 6) is 0.624. The summed E-state index contributed by atoms with van der Waals surface area (Å²) < 4.78 is 10.8.